The van der Waals surface area contributed by atoms with Crippen molar-refractivity contribution in [1.29, 1.82) is 0 Å². The van der Waals surface area contributed by atoms with Crippen LogP contribution in [0.1, 0.15) is 29.8 Å². The monoisotopic (exact) mass is 468 g/mol. The third-order valence-corrected chi connectivity index (χ3v) is 5.87. The first-order valence-electron chi connectivity index (χ1n) is 8.48. The summed E-state index contributed by atoms with van der Waals surface area (Å²) in [5, 5.41) is 2.64. The summed E-state index contributed by atoms with van der Waals surface area (Å²) in [5.74, 6) is -1.26. The van der Waals surface area contributed by atoms with E-state index in [4.69, 9.17) is 4.74 Å². The molecule has 2 N–H and O–H groups in total. The van der Waals surface area contributed by atoms with Crippen LogP contribution in [0.2, 0.25) is 0 Å². The Bertz CT molecular complexity index is 946. The van der Waals surface area contributed by atoms with Crippen LogP contribution in [0.4, 0.5) is 0 Å². The minimum absolute atomic E-state index is 0.0162. The zero-order valence-corrected chi connectivity index (χ0v) is 17.8. The average Bonchev–Trinajstić information content (AvgIpc) is 2.64. The van der Waals surface area contributed by atoms with E-state index in [1.54, 1.807) is 13.8 Å². The molecule has 0 aliphatic rings. The van der Waals surface area contributed by atoms with E-state index in [0.717, 1.165) is 5.56 Å². The number of hydrogen-bond donors (Lipinski definition) is 2. The Kier molecular flexibility index (Phi) is 7.73. The lowest BCUT2D eigenvalue weighted by Gasteiger charge is -2.12. The zero-order valence-electron chi connectivity index (χ0n) is 15.4. The van der Waals surface area contributed by atoms with Crippen molar-refractivity contribution in [2.75, 3.05) is 6.61 Å². The molecule has 0 heterocycles. The SMILES string of the molecule is CC(C)NS(=O)(=O)c1ccc(Br)c(C(=O)OCC(=O)NCc2ccccc2)c1. The van der Waals surface area contributed by atoms with Crippen molar-refractivity contribution in [2.45, 2.75) is 31.3 Å². The topological polar surface area (TPSA) is 102 Å². The number of benzene rings is 2. The number of hydrogen-bond acceptors (Lipinski definition) is 5. The first kappa shape index (κ1) is 22.1. The van der Waals surface area contributed by atoms with Crippen LogP contribution in [-0.2, 0) is 26.1 Å². The Balaban J connectivity index is 1.99. The van der Waals surface area contributed by atoms with Gasteiger partial charge in [0.15, 0.2) is 6.61 Å². The molecule has 2 aromatic carbocycles. The maximum atomic E-state index is 12.3. The van der Waals surface area contributed by atoms with Gasteiger partial charge in [-0.2, -0.15) is 0 Å². The van der Waals surface area contributed by atoms with Crippen LogP contribution in [0.15, 0.2) is 57.9 Å². The maximum Gasteiger partial charge on any atom is 0.339 e. The summed E-state index contributed by atoms with van der Waals surface area (Å²) in [5.41, 5.74) is 0.933. The number of nitrogens with one attached hydrogen (secondary N) is 2. The Morgan fingerprint density at radius 1 is 1.11 bits per heavy atom. The molecule has 0 saturated carbocycles. The predicted molar refractivity (Wildman–Crippen MR) is 108 cm³/mol. The summed E-state index contributed by atoms with van der Waals surface area (Å²) in [6.07, 6.45) is 0. The highest BCUT2D eigenvalue weighted by Gasteiger charge is 2.20. The largest absolute Gasteiger partial charge is 0.452 e. The van der Waals surface area contributed by atoms with E-state index in [1.807, 2.05) is 30.3 Å². The number of carbonyl (C=O) groups is 2. The number of amides is 1. The van der Waals surface area contributed by atoms with E-state index in [9.17, 15) is 18.0 Å². The minimum Gasteiger partial charge on any atom is -0.452 e. The molecule has 2 rings (SSSR count). The Morgan fingerprint density at radius 2 is 1.79 bits per heavy atom. The number of rotatable bonds is 8. The summed E-state index contributed by atoms with van der Waals surface area (Å²) >= 11 is 3.20. The molecule has 0 atom stereocenters. The first-order valence-corrected chi connectivity index (χ1v) is 10.8. The van der Waals surface area contributed by atoms with Crippen molar-refractivity contribution in [3.05, 3.63) is 64.1 Å². The summed E-state index contributed by atoms with van der Waals surface area (Å²) in [7, 11) is -3.76. The highest BCUT2D eigenvalue weighted by Crippen LogP contribution is 2.22. The Morgan fingerprint density at radius 3 is 2.43 bits per heavy atom. The van der Waals surface area contributed by atoms with Gasteiger partial charge in [-0.3, -0.25) is 4.79 Å². The van der Waals surface area contributed by atoms with Crippen molar-refractivity contribution >= 4 is 37.8 Å². The van der Waals surface area contributed by atoms with E-state index < -0.39 is 28.5 Å². The lowest BCUT2D eigenvalue weighted by atomic mass is 10.2. The van der Waals surface area contributed by atoms with Crippen LogP contribution in [0.5, 0.6) is 0 Å². The number of sulfonamides is 1. The summed E-state index contributed by atoms with van der Waals surface area (Å²) in [6, 6.07) is 13.0. The van der Waals surface area contributed by atoms with Gasteiger partial charge in [0, 0.05) is 17.1 Å². The van der Waals surface area contributed by atoms with Crippen molar-refractivity contribution in [3.8, 4) is 0 Å². The second-order valence-corrected chi connectivity index (χ2v) is 8.82. The van der Waals surface area contributed by atoms with Gasteiger partial charge in [0.05, 0.1) is 10.5 Å². The molecule has 0 spiro atoms. The van der Waals surface area contributed by atoms with E-state index >= 15 is 0 Å². The van der Waals surface area contributed by atoms with Gasteiger partial charge in [0.1, 0.15) is 0 Å². The molecule has 150 valence electrons. The summed E-state index contributed by atoms with van der Waals surface area (Å²) < 4.78 is 32.4. The van der Waals surface area contributed by atoms with E-state index in [0.29, 0.717) is 11.0 Å². The summed E-state index contributed by atoms with van der Waals surface area (Å²) in [4.78, 5) is 24.1. The molecule has 0 bridgehead atoms. The van der Waals surface area contributed by atoms with Crippen LogP contribution >= 0.6 is 15.9 Å². The minimum atomic E-state index is -3.76. The van der Waals surface area contributed by atoms with Gasteiger partial charge in [-0.15, -0.1) is 0 Å². The average molecular weight is 469 g/mol. The fraction of sp³-hybridized carbons (Fsp3) is 0.263. The van der Waals surface area contributed by atoms with Gasteiger partial charge >= 0.3 is 5.97 Å². The fourth-order valence-electron chi connectivity index (χ4n) is 2.26. The highest BCUT2D eigenvalue weighted by atomic mass is 79.9. The normalized spacial score (nSPS) is 11.3. The molecule has 0 radical (unpaired) electrons. The number of halogens is 1. The van der Waals surface area contributed by atoms with Crippen LogP contribution in [0, 0.1) is 0 Å². The standard InChI is InChI=1S/C19H21BrN2O5S/c1-13(2)22-28(25,26)15-8-9-17(20)16(10-15)19(24)27-12-18(23)21-11-14-6-4-3-5-7-14/h3-10,13,22H,11-12H2,1-2H3,(H,21,23). The third-order valence-electron chi connectivity index (χ3n) is 3.53. The molecule has 0 aliphatic heterocycles. The lowest BCUT2D eigenvalue weighted by molar-refractivity contribution is -0.124. The molecule has 9 heteroatoms. The molecular weight excluding hydrogens is 448 g/mol. The van der Waals surface area contributed by atoms with Gasteiger partial charge in [-0.1, -0.05) is 30.3 Å². The van der Waals surface area contributed by atoms with Crippen molar-refractivity contribution in [3.63, 3.8) is 0 Å². The Labute approximate surface area is 172 Å². The molecule has 0 aliphatic carbocycles. The predicted octanol–water partition coefficient (Wildman–Crippen LogP) is 2.61. The molecule has 2 aromatic rings. The second kappa shape index (κ2) is 9.81. The first-order chi connectivity index (χ1) is 13.2. The van der Waals surface area contributed by atoms with E-state index in [2.05, 4.69) is 26.0 Å². The van der Waals surface area contributed by atoms with Crippen LogP contribution in [0.3, 0.4) is 0 Å². The van der Waals surface area contributed by atoms with E-state index in [1.165, 1.54) is 18.2 Å². The number of esters is 1. The quantitative estimate of drug-likeness (QED) is 0.579. The fourth-order valence-corrected chi connectivity index (χ4v) is 3.95. The maximum absolute atomic E-state index is 12.3. The summed E-state index contributed by atoms with van der Waals surface area (Å²) in [6.45, 7) is 3.23. The molecule has 0 aromatic heterocycles. The smallest absolute Gasteiger partial charge is 0.339 e. The van der Waals surface area contributed by atoms with Crippen LogP contribution in [0.25, 0.3) is 0 Å². The van der Waals surface area contributed by atoms with Gasteiger partial charge < -0.3 is 10.1 Å². The van der Waals surface area contributed by atoms with E-state index in [-0.39, 0.29) is 16.5 Å². The molecule has 0 saturated heterocycles. The molecule has 28 heavy (non-hydrogen) atoms. The van der Waals surface area contributed by atoms with Crippen molar-refractivity contribution in [2.24, 2.45) is 0 Å². The van der Waals surface area contributed by atoms with Crippen molar-refractivity contribution in [1.82, 2.24) is 10.0 Å². The third kappa shape index (κ3) is 6.43. The molecule has 0 fully saturated rings. The van der Waals surface area contributed by atoms with Gasteiger partial charge in [0.25, 0.3) is 5.91 Å². The molecular formula is C19H21BrN2O5S. The lowest BCUT2D eigenvalue weighted by Crippen LogP contribution is -2.30. The molecule has 0 unspecified atom stereocenters. The zero-order chi connectivity index (χ0) is 20.7. The van der Waals surface area contributed by atoms with Crippen molar-refractivity contribution < 1.29 is 22.7 Å². The molecule has 1 amide bonds. The number of carbonyl (C=O) groups excluding carboxylic acids is 2. The van der Waals surface area contributed by atoms with Gasteiger partial charge in [-0.05, 0) is 53.5 Å². The molecule has 7 nitrogen and oxygen atoms in total. The van der Waals surface area contributed by atoms with Gasteiger partial charge in [0.2, 0.25) is 10.0 Å². The van der Waals surface area contributed by atoms with Crippen LogP contribution in [-0.4, -0.2) is 32.9 Å². The highest BCUT2D eigenvalue weighted by molar-refractivity contribution is 9.10. The Hall–Kier alpha value is -2.23. The van der Waals surface area contributed by atoms with Crippen LogP contribution < -0.4 is 10.0 Å². The van der Waals surface area contributed by atoms with Gasteiger partial charge in [-0.25, -0.2) is 17.9 Å². The second-order valence-electron chi connectivity index (χ2n) is 6.26. The number of ether oxygens (including phenoxy) is 1.